The summed E-state index contributed by atoms with van der Waals surface area (Å²) in [6.07, 6.45) is 1.90. The maximum Gasteiger partial charge on any atom is 0.459 e. The number of ether oxygens (including phenoxy) is 3. The molecule has 5 unspecified atom stereocenters. The summed E-state index contributed by atoms with van der Waals surface area (Å²) in [4.78, 5) is 26.7. The fraction of sp³-hybridized carbons (Fsp3) is 0.371. The van der Waals surface area contributed by atoms with Gasteiger partial charge in [0.1, 0.15) is 30.5 Å². The van der Waals surface area contributed by atoms with E-state index in [0.29, 0.717) is 41.3 Å². The van der Waals surface area contributed by atoms with Crippen LogP contribution in [0.3, 0.4) is 0 Å². The summed E-state index contributed by atoms with van der Waals surface area (Å²) in [5.41, 5.74) is 7.78. The number of nitrogens with zero attached hydrogens (tertiary/aromatic N) is 4. The molecule has 6 rings (SSSR count). The zero-order valence-electron chi connectivity index (χ0n) is 28.4. The Morgan fingerprint density at radius 1 is 1.10 bits per heavy atom. The highest BCUT2D eigenvalue weighted by molar-refractivity contribution is 7.98. The molecule has 3 heterocycles. The van der Waals surface area contributed by atoms with Gasteiger partial charge in [-0.25, -0.2) is 9.55 Å². The third-order valence-electron chi connectivity index (χ3n) is 8.43. The molecule has 2 aromatic heterocycles. The third kappa shape index (κ3) is 8.06. The number of rotatable bonds is 15. The number of thioether (sulfide) groups is 1. The molecule has 3 aromatic carbocycles. The standard InChI is InChI=1S/C35H41N6O7PS/c1-22-19-26(47-33(22)41-23(2)37-30-31(41)38-35(36)39-32(30)44-3)21-46-49(43,48-29-16-10-14-25-13-8-9-15-27(25)29)40-28(17-18-50-4)34(42)45-20-24-11-6-5-7-12-24/h5-16,22,26,28,33H,17-21H2,1-4H3,(H,40,43)(H2,36,38,39). The van der Waals surface area contributed by atoms with Crippen molar-refractivity contribution in [2.75, 3.05) is 31.5 Å². The molecule has 0 saturated carbocycles. The van der Waals surface area contributed by atoms with Gasteiger partial charge in [0.05, 0.1) is 19.8 Å². The van der Waals surface area contributed by atoms with Crippen LogP contribution >= 0.6 is 19.5 Å². The first-order valence-electron chi connectivity index (χ1n) is 16.3. The number of methoxy groups -OCH3 is 1. The van der Waals surface area contributed by atoms with Crippen molar-refractivity contribution in [2.24, 2.45) is 5.92 Å². The van der Waals surface area contributed by atoms with Gasteiger partial charge in [0, 0.05) is 11.3 Å². The number of aromatic nitrogens is 4. The summed E-state index contributed by atoms with van der Waals surface area (Å²) in [7, 11) is -2.72. The SMILES string of the molecule is COc1nc(N)nc2c1nc(C)n2C1OC(COP(=O)(NC(CCSC)C(=O)OCc2ccccc2)Oc2cccc3ccccc23)CC1C. The van der Waals surface area contributed by atoms with E-state index in [1.54, 1.807) is 17.8 Å². The molecular weight excluding hydrogens is 679 g/mol. The van der Waals surface area contributed by atoms with E-state index in [1.165, 1.54) is 7.11 Å². The number of hydrogen-bond acceptors (Lipinski definition) is 12. The summed E-state index contributed by atoms with van der Waals surface area (Å²) in [5.74, 6) is 1.37. The second-order valence-corrected chi connectivity index (χ2v) is 14.8. The van der Waals surface area contributed by atoms with Crippen molar-refractivity contribution in [3.05, 3.63) is 84.2 Å². The first kappa shape index (κ1) is 35.6. The molecule has 3 N–H and O–H groups in total. The fourth-order valence-corrected chi connectivity index (χ4v) is 8.08. The van der Waals surface area contributed by atoms with E-state index in [0.717, 1.165) is 16.3 Å². The van der Waals surface area contributed by atoms with E-state index < -0.39 is 32.1 Å². The number of carbonyl (C=O) groups is 1. The van der Waals surface area contributed by atoms with Gasteiger partial charge in [0.25, 0.3) is 0 Å². The van der Waals surface area contributed by atoms with Gasteiger partial charge in [-0.2, -0.15) is 26.8 Å². The number of aryl methyl sites for hydroxylation is 1. The number of esters is 1. The molecule has 0 bridgehead atoms. The largest absolute Gasteiger partial charge is 0.479 e. The van der Waals surface area contributed by atoms with Crippen LogP contribution in [0.15, 0.2) is 72.8 Å². The number of benzene rings is 3. The Labute approximate surface area is 294 Å². The molecule has 50 heavy (non-hydrogen) atoms. The average Bonchev–Trinajstić information content (AvgIpc) is 3.65. The van der Waals surface area contributed by atoms with Gasteiger partial charge >= 0.3 is 13.7 Å². The predicted octanol–water partition coefficient (Wildman–Crippen LogP) is 6.46. The van der Waals surface area contributed by atoms with Gasteiger partial charge in [-0.15, -0.1) is 0 Å². The predicted molar refractivity (Wildman–Crippen MR) is 193 cm³/mol. The molecule has 13 nitrogen and oxygen atoms in total. The Hall–Kier alpha value is -4.20. The van der Waals surface area contributed by atoms with Crippen LogP contribution in [-0.2, 0) is 30.0 Å². The van der Waals surface area contributed by atoms with Crippen LogP contribution in [0.5, 0.6) is 11.6 Å². The van der Waals surface area contributed by atoms with Crippen molar-refractivity contribution < 1.29 is 32.6 Å². The average molecular weight is 721 g/mol. The first-order valence-corrected chi connectivity index (χ1v) is 19.2. The van der Waals surface area contributed by atoms with Crippen LogP contribution in [0, 0.1) is 12.8 Å². The van der Waals surface area contributed by atoms with Crippen molar-refractivity contribution in [1.29, 1.82) is 0 Å². The summed E-state index contributed by atoms with van der Waals surface area (Å²) in [6, 6.07) is 21.5. The van der Waals surface area contributed by atoms with Crippen molar-refractivity contribution >= 4 is 53.4 Å². The Kier molecular flexibility index (Phi) is 11.2. The zero-order valence-corrected chi connectivity index (χ0v) is 30.1. The highest BCUT2D eigenvalue weighted by Gasteiger charge is 2.40. The molecule has 5 aromatic rings. The highest BCUT2D eigenvalue weighted by Crippen LogP contribution is 2.48. The number of nitrogen functional groups attached to an aromatic ring is 1. The molecule has 0 radical (unpaired) electrons. The Morgan fingerprint density at radius 2 is 1.86 bits per heavy atom. The molecule has 0 aliphatic carbocycles. The Morgan fingerprint density at radius 3 is 2.64 bits per heavy atom. The van der Waals surface area contributed by atoms with Crippen molar-refractivity contribution in [1.82, 2.24) is 24.6 Å². The van der Waals surface area contributed by atoms with E-state index >= 15 is 0 Å². The quantitative estimate of drug-likeness (QED) is 0.0896. The van der Waals surface area contributed by atoms with Crippen LogP contribution in [-0.4, -0.2) is 63.4 Å². The van der Waals surface area contributed by atoms with Crippen LogP contribution in [0.4, 0.5) is 5.95 Å². The monoisotopic (exact) mass is 720 g/mol. The minimum absolute atomic E-state index is 0.00416. The van der Waals surface area contributed by atoms with Gasteiger partial charge in [-0.05, 0) is 48.8 Å². The molecule has 15 heteroatoms. The molecule has 0 spiro atoms. The topological polar surface area (TPSA) is 162 Å². The number of anilines is 1. The van der Waals surface area contributed by atoms with Crippen LogP contribution in [0.1, 0.15) is 37.4 Å². The lowest BCUT2D eigenvalue weighted by atomic mass is 10.1. The number of nitrogens with two attached hydrogens (primary N) is 1. The summed E-state index contributed by atoms with van der Waals surface area (Å²) < 4.78 is 46.6. The molecule has 1 fully saturated rings. The maximum absolute atomic E-state index is 14.8. The number of nitrogens with one attached hydrogen (secondary N) is 1. The van der Waals surface area contributed by atoms with Crippen LogP contribution in [0.2, 0.25) is 0 Å². The van der Waals surface area contributed by atoms with Gasteiger partial charge in [-0.3, -0.25) is 13.9 Å². The number of hydrogen-bond donors (Lipinski definition) is 2. The van der Waals surface area contributed by atoms with E-state index in [2.05, 4.69) is 20.0 Å². The van der Waals surface area contributed by atoms with Gasteiger partial charge in [0.2, 0.25) is 11.8 Å². The van der Waals surface area contributed by atoms with E-state index in [9.17, 15) is 9.36 Å². The third-order valence-corrected chi connectivity index (χ3v) is 10.6. The highest BCUT2D eigenvalue weighted by atomic mass is 32.2. The smallest absolute Gasteiger partial charge is 0.459 e. The Balaban J connectivity index is 1.24. The van der Waals surface area contributed by atoms with Crippen LogP contribution in [0.25, 0.3) is 21.9 Å². The fourth-order valence-electron chi connectivity index (χ4n) is 6.03. The zero-order chi connectivity index (χ0) is 35.3. The summed E-state index contributed by atoms with van der Waals surface area (Å²) in [6.45, 7) is 3.88. The summed E-state index contributed by atoms with van der Waals surface area (Å²) >= 11 is 1.56. The number of imidazole rings is 1. The van der Waals surface area contributed by atoms with Crippen molar-refractivity contribution in [2.45, 2.75) is 51.7 Å². The number of carbonyl (C=O) groups excluding carboxylic acids is 1. The van der Waals surface area contributed by atoms with Gasteiger partial charge < -0.3 is 24.5 Å². The lowest BCUT2D eigenvalue weighted by Crippen LogP contribution is -2.38. The van der Waals surface area contributed by atoms with E-state index in [1.807, 2.05) is 91.4 Å². The number of fused-ring (bicyclic) bond motifs is 2. The minimum Gasteiger partial charge on any atom is -0.479 e. The molecule has 0 amide bonds. The second-order valence-electron chi connectivity index (χ2n) is 12.1. The van der Waals surface area contributed by atoms with E-state index in [4.69, 9.17) is 29.0 Å². The molecule has 264 valence electrons. The lowest BCUT2D eigenvalue weighted by molar-refractivity contribution is -0.147. The van der Waals surface area contributed by atoms with Gasteiger partial charge in [0.15, 0.2) is 11.2 Å². The first-order chi connectivity index (χ1) is 24.2. The van der Waals surface area contributed by atoms with E-state index in [-0.39, 0.29) is 31.0 Å². The molecule has 1 saturated heterocycles. The molecule has 1 aliphatic rings. The molecule has 5 atom stereocenters. The molecular formula is C35H41N6O7PS. The van der Waals surface area contributed by atoms with Crippen molar-refractivity contribution in [3.8, 4) is 11.6 Å². The second kappa shape index (κ2) is 15.8. The van der Waals surface area contributed by atoms with Crippen LogP contribution < -0.4 is 20.1 Å². The summed E-state index contributed by atoms with van der Waals surface area (Å²) in [5, 5.41) is 4.60. The van der Waals surface area contributed by atoms with Gasteiger partial charge in [-0.1, -0.05) is 73.7 Å². The maximum atomic E-state index is 14.8. The minimum atomic E-state index is -4.22. The molecule has 1 aliphatic heterocycles. The van der Waals surface area contributed by atoms with Crippen molar-refractivity contribution in [3.63, 3.8) is 0 Å². The Bertz CT molecular complexity index is 1990. The lowest BCUT2D eigenvalue weighted by Gasteiger charge is -2.26. The normalized spacial score (nSPS) is 19.3.